The molecule has 0 bridgehead atoms. The van der Waals surface area contributed by atoms with E-state index < -0.39 is 10.0 Å². The fraction of sp³-hybridized carbons (Fsp3) is 0.400. The van der Waals surface area contributed by atoms with Crippen molar-refractivity contribution in [3.05, 3.63) is 65.0 Å². The molecule has 1 aliphatic rings. The van der Waals surface area contributed by atoms with Crippen LogP contribution in [0.15, 0.2) is 42.5 Å². The average molecular weight is 392 g/mol. The van der Waals surface area contributed by atoms with Crippen LogP contribution in [0.2, 0.25) is 0 Å². The molecule has 2 aromatic carbocycles. The normalized spacial score (nSPS) is 16.4. The second-order valence-electron chi connectivity index (χ2n) is 6.89. The Hall–Kier alpha value is -1.96. The van der Waals surface area contributed by atoms with Gasteiger partial charge in [0.05, 0.1) is 12.9 Å². The number of hydrogen-bond donors (Lipinski definition) is 0. The number of piperazine rings is 1. The van der Waals surface area contributed by atoms with Gasteiger partial charge < -0.3 is 4.74 Å². The van der Waals surface area contributed by atoms with E-state index in [0.717, 1.165) is 16.7 Å². The molecule has 0 spiro atoms. The third-order valence-corrected chi connectivity index (χ3v) is 6.67. The highest BCUT2D eigenvalue weighted by molar-refractivity contribution is 7.88. The van der Waals surface area contributed by atoms with Gasteiger partial charge in [-0.05, 0) is 30.2 Å². The Labute approximate surface area is 160 Å². The molecule has 5 nitrogen and oxygen atoms in total. The van der Waals surface area contributed by atoms with Gasteiger partial charge in [-0.25, -0.2) is 12.8 Å². The number of sulfonamides is 1. The highest BCUT2D eigenvalue weighted by atomic mass is 32.2. The van der Waals surface area contributed by atoms with E-state index >= 15 is 0 Å². The number of hydrogen-bond acceptors (Lipinski definition) is 4. The topological polar surface area (TPSA) is 49.9 Å². The summed E-state index contributed by atoms with van der Waals surface area (Å²) in [6, 6.07) is 12.5. The molecule has 1 fully saturated rings. The van der Waals surface area contributed by atoms with Crippen LogP contribution in [-0.4, -0.2) is 50.9 Å². The zero-order valence-electron chi connectivity index (χ0n) is 15.7. The highest BCUT2D eigenvalue weighted by Crippen LogP contribution is 2.20. The maximum atomic E-state index is 13.8. The number of methoxy groups -OCH3 is 1. The lowest BCUT2D eigenvalue weighted by Crippen LogP contribution is -2.48. The molecule has 1 heterocycles. The van der Waals surface area contributed by atoms with Crippen molar-refractivity contribution in [2.24, 2.45) is 0 Å². The molecule has 0 N–H and O–H groups in total. The van der Waals surface area contributed by atoms with E-state index in [9.17, 15) is 12.8 Å². The van der Waals surface area contributed by atoms with Crippen LogP contribution in [0.1, 0.15) is 16.7 Å². The van der Waals surface area contributed by atoms with Crippen molar-refractivity contribution >= 4 is 10.0 Å². The van der Waals surface area contributed by atoms with E-state index in [4.69, 9.17) is 4.74 Å². The van der Waals surface area contributed by atoms with Crippen LogP contribution in [0.5, 0.6) is 5.75 Å². The molecular weight excluding hydrogens is 367 g/mol. The first-order valence-corrected chi connectivity index (χ1v) is 10.6. The summed E-state index contributed by atoms with van der Waals surface area (Å²) in [6.45, 7) is 4.72. The minimum absolute atomic E-state index is 0.0248. The maximum Gasteiger partial charge on any atom is 0.218 e. The first kappa shape index (κ1) is 19.8. The molecule has 0 aliphatic carbocycles. The predicted molar refractivity (Wildman–Crippen MR) is 104 cm³/mol. The smallest absolute Gasteiger partial charge is 0.218 e. The van der Waals surface area contributed by atoms with E-state index in [1.54, 1.807) is 10.4 Å². The van der Waals surface area contributed by atoms with Crippen LogP contribution in [0.4, 0.5) is 4.39 Å². The Morgan fingerprint density at radius 3 is 2.22 bits per heavy atom. The molecule has 0 radical (unpaired) electrons. The minimum atomic E-state index is -3.33. The molecule has 0 atom stereocenters. The van der Waals surface area contributed by atoms with Gasteiger partial charge in [0.15, 0.2) is 11.6 Å². The van der Waals surface area contributed by atoms with Gasteiger partial charge in [0.1, 0.15) is 0 Å². The minimum Gasteiger partial charge on any atom is -0.494 e. The van der Waals surface area contributed by atoms with Gasteiger partial charge in [-0.2, -0.15) is 4.31 Å². The molecule has 146 valence electrons. The Kier molecular flexibility index (Phi) is 6.14. The van der Waals surface area contributed by atoms with Gasteiger partial charge in [0, 0.05) is 32.7 Å². The first-order chi connectivity index (χ1) is 12.9. The van der Waals surface area contributed by atoms with E-state index in [0.29, 0.717) is 32.7 Å². The Balaban J connectivity index is 1.56. The van der Waals surface area contributed by atoms with Gasteiger partial charge in [0.25, 0.3) is 0 Å². The lowest BCUT2D eigenvalue weighted by molar-refractivity contribution is 0.181. The molecule has 0 aromatic heterocycles. The standard InChI is InChI=1S/C20H25FN2O3S/c1-16-3-5-17(6-4-16)15-27(24,25)23-11-9-22(10-12-23)14-18-7-8-20(26-2)19(21)13-18/h3-8,13H,9-12,14-15H2,1-2H3. The number of halogens is 1. The fourth-order valence-corrected chi connectivity index (χ4v) is 4.73. The van der Waals surface area contributed by atoms with E-state index in [1.165, 1.54) is 13.2 Å². The van der Waals surface area contributed by atoms with Crippen LogP contribution in [0.3, 0.4) is 0 Å². The van der Waals surface area contributed by atoms with E-state index in [1.807, 2.05) is 37.3 Å². The summed E-state index contributed by atoms with van der Waals surface area (Å²) in [4.78, 5) is 2.14. The Morgan fingerprint density at radius 2 is 1.63 bits per heavy atom. The molecule has 2 aromatic rings. The van der Waals surface area contributed by atoms with Crippen molar-refractivity contribution in [1.29, 1.82) is 0 Å². The van der Waals surface area contributed by atoms with Gasteiger partial charge in [-0.3, -0.25) is 4.90 Å². The van der Waals surface area contributed by atoms with Crippen molar-refractivity contribution in [1.82, 2.24) is 9.21 Å². The number of benzene rings is 2. The van der Waals surface area contributed by atoms with Crippen LogP contribution in [-0.2, 0) is 22.3 Å². The molecule has 1 saturated heterocycles. The monoisotopic (exact) mass is 392 g/mol. The third-order valence-electron chi connectivity index (χ3n) is 4.82. The molecule has 0 saturated carbocycles. The predicted octanol–water partition coefficient (Wildman–Crippen LogP) is 2.79. The summed E-state index contributed by atoms with van der Waals surface area (Å²) >= 11 is 0. The van der Waals surface area contributed by atoms with E-state index in [2.05, 4.69) is 4.90 Å². The lowest BCUT2D eigenvalue weighted by Gasteiger charge is -2.34. The molecule has 27 heavy (non-hydrogen) atoms. The van der Waals surface area contributed by atoms with Gasteiger partial charge in [0.2, 0.25) is 10.0 Å². The average Bonchev–Trinajstić information content (AvgIpc) is 2.64. The molecule has 1 aliphatic heterocycles. The first-order valence-electron chi connectivity index (χ1n) is 8.95. The zero-order chi connectivity index (χ0) is 19.4. The lowest BCUT2D eigenvalue weighted by atomic mass is 10.2. The molecule has 0 amide bonds. The van der Waals surface area contributed by atoms with Crippen molar-refractivity contribution < 1.29 is 17.5 Å². The summed E-state index contributed by atoms with van der Waals surface area (Å²) in [5.41, 5.74) is 2.76. The quantitative estimate of drug-likeness (QED) is 0.759. The third kappa shape index (κ3) is 5.06. The second kappa shape index (κ2) is 8.37. The number of nitrogens with zero attached hydrogens (tertiary/aromatic N) is 2. The summed E-state index contributed by atoms with van der Waals surface area (Å²) in [7, 11) is -1.89. The summed E-state index contributed by atoms with van der Waals surface area (Å²) in [6.07, 6.45) is 0. The number of rotatable bonds is 6. The van der Waals surface area contributed by atoms with Crippen molar-refractivity contribution in [3.63, 3.8) is 0 Å². The fourth-order valence-electron chi connectivity index (χ4n) is 3.22. The maximum absolute atomic E-state index is 13.8. The SMILES string of the molecule is COc1ccc(CN2CCN(S(=O)(=O)Cc3ccc(C)cc3)CC2)cc1F. The van der Waals surface area contributed by atoms with Crippen molar-refractivity contribution in [3.8, 4) is 5.75 Å². The summed E-state index contributed by atoms with van der Waals surface area (Å²) in [5.74, 6) is -0.128. The van der Waals surface area contributed by atoms with Crippen LogP contribution in [0.25, 0.3) is 0 Å². The summed E-state index contributed by atoms with van der Waals surface area (Å²) in [5, 5.41) is 0. The van der Waals surface area contributed by atoms with Gasteiger partial charge in [-0.15, -0.1) is 0 Å². The largest absolute Gasteiger partial charge is 0.494 e. The van der Waals surface area contributed by atoms with Crippen LogP contribution >= 0.6 is 0 Å². The second-order valence-corrected chi connectivity index (χ2v) is 8.85. The molecular formula is C20H25FN2O3S. The highest BCUT2D eigenvalue weighted by Gasteiger charge is 2.27. The van der Waals surface area contributed by atoms with Crippen LogP contribution in [0, 0.1) is 12.7 Å². The van der Waals surface area contributed by atoms with Gasteiger partial charge in [-0.1, -0.05) is 35.9 Å². The molecule has 0 unspecified atom stereocenters. The van der Waals surface area contributed by atoms with Crippen molar-refractivity contribution in [2.45, 2.75) is 19.2 Å². The zero-order valence-corrected chi connectivity index (χ0v) is 16.5. The number of ether oxygens (including phenoxy) is 1. The van der Waals surface area contributed by atoms with E-state index in [-0.39, 0.29) is 17.3 Å². The van der Waals surface area contributed by atoms with Gasteiger partial charge >= 0.3 is 0 Å². The summed E-state index contributed by atoms with van der Waals surface area (Å²) < 4.78 is 45.6. The van der Waals surface area contributed by atoms with Crippen molar-refractivity contribution in [2.75, 3.05) is 33.3 Å². The molecule has 3 rings (SSSR count). The molecule has 7 heteroatoms. The number of aryl methyl sites for hydroxylation is 1. The van der Waals surface area contributed by atoms with Crippen LogP contribution < -0.4 is 4.74 Å². The Bertz CT molecular complexity index is 877. The Morgan fingerprint density at radius 1 is 1.00 bits per heavy atom.